The van der Waals surface area contributed by atoms with Crippen molar-refractivity contribution in [1.82, 2.24) is 9.97 Å². The molecule has 2 rings (SSSR count). The number of hydrogen-bond donors (Lipinski definition) is 2. The molecule has 0 atom stereocenters. The summed E-state index contributed by atoms with van der Waals surface area (Å²) in [4.78, 5) is 19.0. The van der Waals surface area contributed by atoms with Gasteiger partial charge in [-0.1, -0.05) is 43.7 Å². The Bertz CT molecular complexity index is 643. The smallest absolute Gasteiger partial charge is 0.262 e. The molecule has 0 fully saturated rings. The minimum absolute atomic E-state index is 0.198. The zero-order valence-electron chi connectivity index (χ0n) is 12.1. The first-order valence-corrected chi connectivity index (χ1v) is 6.86. The van der Waals surface area contributed by atoms with E-state index in [1.54, 1.807) is 0 Å². The van der Waals surface area contributed by atoms with Crippen LogP contribution in [0.3, 0.4) is 0 Å². The van der Waals surface area contributed by atoms with Gasteiger partial charge in [0.25, 0.3) is 5.56 Å². The molecule has 0 bridgehead atoms. The van der Waals surface area contributed by atoms with Gasteiger partial charge < -0.3 is 10.1 Å². The highest BCUT2D eigenvalue weighted by Gasteiger charge is 2.13. The molecule has 4 nitrogen and oxygen atoms in total. The second-order valence-corrected chi connectivity index (χ2v) is 5.51. The summed E-state index contributed by atoms with van der Waals surface area (Å²) in [5, 5.41) is 10.0. The average molecular weight is 272 g/mol. The highest BCUT2D eigenvalue weighted by molar-refractivity contribution is 5.67. The fraction of sp³-hybridized carbons (Fsp3) is 0.375. The summed E-state index contributed by atoms with van der Waals surface area (Å²) in [5.74, 6) is 0.868. The van der Waals surface area contributed by atoms with Crippen LogP contribution in [0.5, 0.6) is 5.88 Å². The first kappa shape index (κ1) is 14.3. The Morgan fingerprint density at radius 2 is 1.90 bits per heavy atom. The highest BCUT2D eigenvalue weighted by Crippen LogP contribution is 2.23. The number of aromatic nitrogens is 2. The lowest BCUT2D eigenvalue weighted by atomic mass is 10.1. The summed E-state index contributed by atoms with van der Waals surface area (Å²) in [6, 6.07) is 7.44. The minimum Gasteiger partial charge on any atom is -0.493 e. The average Bonchev–Trinajstić information content (AvgIpc) is 2.38. The van der Waals surface area contributed by atoms with Crippen molar-refractivity contribution < 1.29 is 5.11 Å². The molecule has 1 aromatic heterocycles. The maximum atomic E-state index is 12.1. The molecule has 1 aromatic carbocycles. The van der Waals surface area contributed by atoms with Crippen LogP contribution < -0.4 is 5.56 Å². The van der Waals surface area contributed by atoms with E-state index in [-0.39, 0.29) is 17.0 Å². The van der Waals surface area contributed by atoms with Gasteiger partial charge in [-0.15, -0.1) is 0 Å². The summed E-state index contributed by atoms with van der Waals surface area (Å²) in [6.45, 7) is 6.19. The largest absolute Gasteiger partial charge is 0.493 e. The van der Waals surface area contributed by atoms with Crippen LogP contribution in [0.15, 0.2) is 29.1 Å². The van der Waals surface area contributed by atoms with Crippen molar-refractivity contribution in [3.8, 4) is 17.0 Å². The van der Waals surface area contributed by atoms with Gasteiger partial charge in [-0.3, -0.25) is 4.79 Å². The van der Waals surface area contributed by atoms with Gasteiger partial charge >= 0.3 is 0 Å². The number of hydrogen-bond acceptors (Lipinski definition) is 3. The lowest BCUT2D eigenvalue weighted by Crippen LogP contribution is -2.14. The first-order valence-electron chi connectivity index (χ1n) is 6.86. The molecule has 1 heterocycles. The summed E-state index contributed by atoms with van der Waals surface area (Å²) >= 11 is 0. The number of aromatic hydroxyl groups is 1. The van der Waals surface area contributed by atoms with E-state index in [1.165, 1.54) is 0 Å². The normalized spacial score (nSPS) is 11.0. The molecule has 0 amide bonds. The molecule has 0 saturated heterocycles. The van der Waals surface area contributed by atoms with Crippen LogP contribution in [0.2, 0.25) is 0 Å². The van der Waals surface area contributed by atoms with Crippen LogP contribution in [0.4, 0.5) is 0 Å². The molecule has 0 aliphatic carbocycles. The Morgan fingerprint density at radius 1 is 1.25 bits per heavy atom. The van der Waals surface area contributed by atoms with E-state index in [0.717, 1.165) is 12.0 Å². The quantitative estimate of drug-likeness (QED) is 0.899. The van der Waals surface area contributed by atoms with E-state index in [0.29, 0.717) is 23.7 Å². The molecule has 2 aromatic rings. The van der Waals surface area contributed by atoms with Crippen LogP contribution in [0.25, 0.3) is 11.1 Å². The van der Waals surface area contributed by atoms with Gasteiger partial charge in [-0.05, 0) is 24.8 Å². The number of nitrogens with one attached hydrogen (secondary N) is 1. The standard InChI is InChI=1S/C16H20N2O2/c1-10(2)4-9-13-17-15(19)14(16(20)18-13)12-7-5-11(3)6-8-12/h5-8,10H,4,9H2,1-3H3,(H2,17,18,19,20). The van der Waals surface area contributed by atoms with E-state index in [4.69, 9.17) is 0 Å². The summed E-state index contributed by atoms with van der Waals surface area (Å²) in [7, 11) is 0. The lowest BCUT2D eigenvalue weighted by Gasteiger charge is -2.07. The van der Waals surface area contributed by atoms with E-state index in [1.807, 2.05) is 31.2 Å². The first-order chi connectivity index (χ1) is 9.47. The van der Waals surface area contributed by atoms with Crippen molar-refractivity contribution in [2.24, 2.45) is 5.92 Å². The maximum Gasteiger partial charge on any atom is 0.262 e. The Balaban J connectivity index is 2.36. The topological polar surface area (TPSA) is 66.0 Å². The second-order valence-electron chi connectivity index (χ2n) is 5.51. The number of nitrogens with zero attached hydrogens (tertiary/aromatic N) is 1. The molecule has 0 aliphatic heterocycles. The molecule has 2 N–H and O–H groups in total. The van der Waals surface area contributed by atoms with E-state index in [9.17, 15) is 9.90 Å². The number of H-pyrrole nitrogens is 1. The van der Waals surface area contributed by atoms with Crippen LogP contribution in [0.1, 0.15) is 31.7 Å². The molecule has 0 unspecified atom stereocenters. The number of rotatable bonds is 4. The summed E-state index contributed by atoms with van der Waals surface area (Å²) in [6.07, 6.45) is 1.58. The Hall–Kier alpha value is -2.10. The van der Waals surface area contributed by atoms with Crippen LogP contribution >= 0.6 is 0 Å². The van der Waals surface area contributed by atoms with Gasteiger partial charge in [0.15, 0.2) is 0 Å². The fourth-order valence-electron chi connectivity index (χ4n) is 2.03. The Morgan fingerprint density at radius 3 is 2.45 bits per heavy atom. The van der Waals surface area contributed by atoms with Crippen molar-refractivity contribution in [1.29, 1.82) is 0 Å². The predicted molar refractivity (Wildman–Crippen MR) is 79.9 cm³/mol. The molecule has 0 spiro atoms. The molecule has 20 heavy (non-hydrogen) atoms. The molecule has 0 saturated carbocycles. The summed E-state index contributed by atoms with van der Waals surface area (Å²) < 4.78 is 0. The monoisotopic (exact) mass is 272 g/mol. The van der Waals surface area contributed by atoms with Crippen molar-refractivity contribution >= 4 is 0 Å². The second kappa shape index (κ2) is 5.90. The van der Waals surface area contributed by atoms with Gasteiger partial charge in [0.05, 0.1) is 0 Å². The molecule has 0 aliphatic rings. The van der Waals surface area contributed by atoms with Crippen LogP contribution in [-0.2, 0) is 6.42 Å². The molecular weight excluding hydrogens is 252 g/mol. The zero-order chi connectivity index (χ0) is 14.7. The molecule has 0 radical (unpaired) electrons. The highest BCUT2D eigenvalue weighted by atomic mass is 16.3. The van der Waals surface area contributed by atoms with E-state index >= 15 is 0 Å². The lowest BCUT2D eigenvalue weighted by molar-refractivity contribution is 0.447. The van der Waals surface area contributed by atoms with Crippen LogP contribution in [0, 0.1) is 12.8 Å². The third kappa shape index (κ3) is 3.26. The van der Waals surface area contributed by atoms with Crippen molar-refractivity contribution in [3.63, 3.8) is 0 Å². The Kier molecular flexibility index (Phi) is 4.23. The molecular formula is C16H20N2O2. The van der Waals surface area contributed by atoms with Gasteiger partial charge in [0.2, 0.25) is 5.88 Å². The van der Waals surface area contributed by atoms with E-state index in [2.05, 4.69) is 23.8 Å². The Labute approximate surface area is 118 Å². The van der Waals surface area contributed by atoms with Gasteiger partial charge in [0.1, 0.15) is 11.4 Å². The van der Waals surface area contributed by atoms with Crippen LogP contribution in [-0.4, -0.2) is 15.1 Å². The zero-order valence-corrected chi connectivity index (χ0v) is 12.1. The van der Waals surface area contributed by atoms with Gasteiger partial charge in [-0.25, -0.2) is 0 Å². The maximum absolute atomic E-state index is 12.1. The SMILES string of the molecule is Cc1ccc(-c2c(O)nc(CCC(C)C)[nH]c2=O)cc1. The molecule has 4 heteroatoms. The van der Waals surface area contributed by atoms with Gasteiger partial charge in [0, 0.05) is 6.42 Å². The number of aromatic amines is 1. The third-order valence-corrected chi connectivity index (χ3v) is 3.25. The predicted octanol–water partition coefficient (Wildman–Crippen LogP) is 3.04. The molecule has 106 valence electrons. The third-order valence-electron chi connectivity index (χ3n) is 3.25. The van der Waals surface area contributed by atoms with E-state index < -0.39 is 0 Å². The van der Waals surface area contributed by atoms with Crippen molar-refractivity contribution in [2.45, 2.75) is 33.6 Å². The van der Waals surface area contributed by atoms with Crippen molar-refractivity contribution in [2.75, 3.05) is 0 Å². The fourth-order valence-corrected chi connectivity index (χ4v) is 2.03. The van der Waals surface area contributed by atoms with Crippen molar-refractivity contribution in [3.05, 3.63) is 46.0 Å². The van der Waals surface area contributed by atoms with Gasteiger partial charge in [-0.2, -0.15) is 4.98 Å². The number of aryl methyl sites for hydroxylation is 2. The summed E-state index contributed by atoms with van der Waals surface area (Å²) in [5.41, 5.74) is 1.72. The number of benzene rings is 1. The minimum atomic E-state index is -0.292.